The third-order valence-corrected chi connectivity index (χ3v) is 4.36. The summed E-state index contributed by atoms with van der Waals surface area (Å²) in [5.74, 6) is -0.481. The number of carbonyl (C=O) groups excluding carboxylic acids is 1. The third-order valence-electron chi connectivity index (χ3n) is 3.13. The van der Waals surface area contributed by atoms with Crippen molar-refractivity contribution in [1.82, 2.24) is 5.32 Å². The van der Waals surface area contributed by atoms with E-state index in [1.165, 1.54) is 36.4 Å². The smallest absolute Gasteiger partial charge is 0.287 e. The van der Waals surface area contributed by atoms with Crippen LogP contribution in [0.15, 0.2) is 47.4 Å². The quantitative estimate of drug-likeness (QED) is 0.392. The highest BCUT2D eigenvalue weighted by atomic mass is 35.5. The third kappa shape index (κ3) is 4.89. The Morgan fingerprint density at radius 3 is 2.36 bits per heavy atom. The highest BCUT2D eigenvalue weighted by Crippen LogP contribution is 2.24. The average Bonchev–Trinajstić information content (AvgIpc) is 2.54. The van der Waals surface area contributed by atoms with Crippen LogP contribution < -0.4 is 15.8 Å². The summed E-state index contributed by atoms with van der Waals surface area (Å²) in [7, 11) is -3.76. The van der Waals surface area contributed by atoms with Gasteiger partial charge in [0.05, 0.1) is 16.5 Å². The van der Waals surface area contributed by atoms with Crippen LogP contribution in [0.2, 0.25) is 5.02 Å². The van der Waals surface area contributed by atoms with Crippen molar-refractivity contribution in [2.24, 2.45) is 5.14 Å². The summed E-state index contributed by atoms with van der Waals surface area (Å²) in [5.41, 5.74) is 0.447. The number of nitro groups is 1. The van der Waals surface area contributed by atoms with Crippen molar-refractivity contribution in [2.45, 2.75) is 4.90 Å². The summed E-state index contributed by atoms with van der Waals surface area (Å²) >= 11 is 5.75. The molecular weight excluding hydrogens is 372 g/mol. The number of rotatable bonds is 6. The maximum Gasteiger partial charge on any atom is 0.287 e. The first-order valence-corrected chi connectivity index (χ1v) is 8.70. The fourth-order valence-electron chi connectivity index (χ4n) is 1.89. The van der Waals surface area contributed by atoms with Gasteiger partial charge in [-0.3, -0.25) is 14.9 Å². The molecule has 0 radical (unpaired) electrons. The molecule has 1 amide bonds. The van der Waals surface area contributed by atoms with Gasteiger partial charge < -0.3 is 10.6 Å². The highest BCUT2D eigenvalue weighted by Gasteiger charge is 2.15. The molecule has 0 spiro atoms. The number of nitro benzene ring substituents is 1. The number of sulfonamides is 1. The van der Waals surface area contributed by atoms with Gasteiger partial charge in [0.15, 0.2) is 0 Å². The van der Waals surface area contributed by atoms with Gasteiger partial charge in [-0.1, -0.05) is 11.6 Å². The number of benzene rings is 2. The van der Waals surface area contributed by atoms with E-state index in [0.29, 0.717) is 5.69 Å². The number of anilines is 1. The minimum absolute atomic E-state index is 0.0254. The number of nitrogens with zero attached hydrogens (tertiary/aromatic N) is 1. The molecule has 0 aromatic heterocycles. The molecule has 0 fully saturated rings. The lowest BCUT2D eigenvalue weighted by molar-refractivity contribution is -0.384. The molecule has 0 saturated carbocycles. The molecule has 132 valence electrons. The van der Waals surface area contributed by atoms with E-state index in [1.807, 2.05) is 0 Å². The number of nitrogens with one attached hydrogen (secondary N) is 2. The van der Waals surface area contributed by atoms with Crippen LogP contribution in [0, 0.1) is 10.1 Å². The largest absolute Gasteiger partial charge is 0.368 e. The van der Waals surface area contributed by atoms with Crippen LogP contribution in [0.5, 0.6) is 0 Å². The lowest BCUT2D eigenvalue weighted by Gasteiger charge is -2.09. The Balaban J connectivity index is 1.94. The van der Waals surface area contributed by atoms with Gasteiger partial charge in [-0.05, 0) is 36.4 Å². The average molecular weight is 385 g/mol. The van der Waals surface area contributed by atoms with Crippen LogP contribution in [0.4, 0.5) is 11.4 Å². The van der Waals surface area contributed by atoms with E-state index >= 15 is 0 Å². The topological polar surface area (TPSA) is 144 Å². The molecule has 25 heavy (non-hydrogen) atoms. The second-order valence-electron chi connectivity index (χ2n) is 4.85. The standard InChI is InChI=1S/C14H13ClN4O5S/c15-12-7-9(1-6-13(12)19(21)22)14(20)18-8-17-10-2-4-11(5-3-10)25(16,23)24/h1-7,17H,8H2,(H,18,20)(H2,16,23,24). The SMILES string of the molecule is NS(=O)(=O)c1ccc(NCNC(=O)c2ccc([N+](=O)[O-])c(Cl)c2)cc1. The van der Waals surface area contributed by atoms with Crippen molar-refractivity contribution in [2.75, 3.05) is 12.0 Å². The van der Waals surface area contributed by atoms with Crippen molar-refractivity contribution in [1.29, 1.82) is 0 Å². The van der Waals surface area contributed by atoms with Crippen molar-refractivity contribution < 1.29 is 18.1 Å². The molecule has 0 bridgehead atoms. The van der Waals surface area contributed by atoms with Crippen LogP contribution in [0.3, 0.4) is 0 Å². The number of hydrogen-bond acceptors (Lipinski definition) is 6. The summed E-state index contributed by atoms with van der Waals surface area (Å²) < 4.78 is 22.3. The van der Waals surface area contributed by atoms with Gasteiger partial charge in [0.1, 0.15) is 5.02 Å². The Labute approximate surface area is 148 Å². The molecule has 0 aliphatic heterocycles. The fourth-order valence-corrected chi connectivity index (χ4v) is 2.65. The maximum atomic E-state index is 12.0. The first kappa shape index (κ1) is 18.6. The molecule has 0 heterocycles. The van der Waals surface area contributed by atoms with Crippen LogP contribution in [0.25, 0.3) is 0 Å². The Bertz CT molecular complexity index is 915. The summed E-state index contributed by atoms with van der Waals surface area (Å²) in [5, 5.41) is 20.9. The zero-order valence-corrected chi connectivity index (χ0v) is 14.2. The molecule has 0 aliphatic carbocycles. The number of amides is 1. The van der Waals surface area contributed by atoms with Crippen LogP contribution in [-0.2, 0) is 10.0 Å². The van der Waals surface area contributed by atoms with Crippen molar-refractivity contribution in [3.05, 3.63) is 63.2 Å². The van der Waals surface area contributed by atoms with Gasteiger partial charge in [0.2, 0.25) is 10.0 Å². The van der Waals surface area contributed by atoms with Gasteiger partial charge in [-0.15, -0.1) is 0 Å². The summed E-state index contributed by atoms with van der Waals surface area (Å²) in [6, 6.07) is 9.29. The number of halogens is 1. The minimum Gasteiger partial charge on any atom is -0.368 e. The van der Waals surface area contributed by atoms with Crippen LogP contribution >= 0.6 is 11.6 Å². The predicted octanol–water partition coefficient (Wildman–Crippen LogP) is 1.70. The summed E-state index contributed by atoms with van der Waals surface area (Å²) in [4.78, 5) is 22.0. The van der Waals surface area contributed by atoms with E-state index < -0.39 is 20.9 Å². The second-order valence-corrected chi connectivity index (χ2v) is 6.82. The Kier molecular flexibility index (Phi) is 5.57. The Hall–Kier alpha value is -2.69. The van der Waals surface area contributed by atoms with Gasteiger partial charge in [-0.25, -0.2) is 13.6 Å². The Morgan fingerprint density at radius 2 is 1.84 bits per heavy atom. The molecule has 2 aromatic carbocycles. The van der Waals surface area contributed by atoms with E-state index in [-0.39, 0.29) is 27.8 Å². The number of primary sulfonamides is 1. The monoisotopic (exact) mass is 384 g/mol. The van der Waals surface area contributed by atoms with E-state index in [4.69, 9.17) is 16.7 Å². The van der Waals surface area contributed by atoms with Crippen molar-refractivity contribution in [3.8, 4) is 0 Å². The predicted molar refractivity (Wildman–Crippen MR) is 91.9 cm³/mol. The van der Waals surface area contributed by atoms with E-state index in [0.717, 1.165) is 6.07 Å². The van der Waals surface area contributed by atoms with E-state index in [1.54, 1.807) is 0 Å². The zero-order chi connectivity index (χ0) is 18.6. The molecule has 0 saturated heterocycles. The van der Waals surface area contributed by atoms with Crippen LogP contribution in [-0.4, -0.2) is 25.9 Å². The summed E-state index contributed by atoms with van der Waals surface area (Å²) in [6.07, 6.45) is 0. The number of nitrogens with two attached hydrogens (primary N) is 1. The minimum atomic E-state index is -3.76. The summed E-state index contributed by atoms with van der Waals surface area (Å²) in [6.45, 7) is 0.0438. The molecular formula is C14H13ClN4O5S. The number of hydrogen-bond donors (Lipinski definition) is 3. The van der Waals surface area contributed by atoms with E-state index in [2.05, 4.69) is 10.6 Å². The van der Waals surface area contributed by atoms with Gasteiger partial charge in [0, 0.05) is 17.3 Å². The lowest BCUT2D eigenvalue weighted by atomic mass is 10.2. The van der Waals surface area contributed by atoms with Gasteiger partial charge in [-0.2, -0.15) is 0 Å². The van der Waals surface area contributed by atoms with Crippen molar-refractivity contribution in [3.63, 3.8) is 0 Å². The molecule has 0 aliphatic rings. The Morgan fingerprint density at radius 1 is 1.20 bits per heavy atom. The molecule has 2 aromatic rings. The molecule has 0 unspecified atom stereocenters. The van der Waals surface area contributed by atoms with Gasteiger partial charge >= 0.3 is 0 Å². The highest BCUT2D eigenvalue weighted by molar-refractivity contribution is 7.89. The zero-order valence-electron chi connectivity index (χ0n) is 12.6. The molecule has 4 N–H and O–H groups in total. The first-order chi connectivity index (χ1) is 11.7. The van der Waals surface area contributed by atoms with Gasteiger partial charge in [0.25, 0.3) is 11.6 Å². The molecule has 2 rings (SSSR count). The molecule has 0 atom stereocenters. The fraction of sp³-hybridized carbons (Fsp3) is 0.0714. The number of carbonyl (C=O) groups is 1. The maximum absolute atomic E-state index is 12.0. The van der Waals surface area contributed by atoms with Crippen molar-refractivity contribution >= 4 is 38.9 Å². The second kappa shape index (κ2) is 7.47. The lowest BCUT2D eigenvalue weighted by Crippen LogP contribution is -2.29. The molecule has 9 nitrogen and oxygen atoms in total. The molecule has 11 heteroatoms. The normalized spacial score (nSPS) is 11.0. The van der Waals surface area contributed by atoms with Crippen LogP contribution in [0.1, 0.15) is 10.4 Å². The first-order valence-electron chi connectivity index (χ1n) is 6.77. The van der Waals surface area contributed by atoms with E-state index in [9.17, 15) is 23.3 Å².